The van der Waals surface area contributed by atoms with Gasteiger partial charge in [-0.1, -0.05) is 37.3 Å². The summed E-state index contributed by atoms with van der Waals surface area (Å²) in [7, 11) is 0. The maximum absolute atomic E-state index is 12.3. The molecule has 1 aromatic rings. The number of nitrogens with zero attached hydrogens (tertiary/aromatic N) is 1. The summed E-state index contributed by atoms with van der Waals surface area (Å²) in [5, 5.41) is 5.95. The minimum Gasteiger partial charge on any atom is -0.338 e. The average molecular weight is 341 g/mol. The molecule has 1 saturated heterocycles. The molecule has 5 nitrogen and oxygen atoms in total. The first kappa shape index (κ1) is 16.4. The van der Waals surface area contributed by atoms with E-state index in [1.165, 1.54) is 12.8 Å². The normalized spacial score (nSPS) is 31.1. The number of hydrogen-bond acceptors (Lipinski definition) is 2. The Hall–Kier alpha value is -2.04. The van der Waals surface area contributed by atoms with Gasteiger partial charge in [0.1, 0.15) is 0 Å². The molecule has 0 bridgehead atoms. The molecule has 3 fully saturated rings. The molecule has 25 heavy (non-hydrogen) atoms. The Morgan fingerprint density at radius 1 is 1.20 bits per heavy atom. The minimum atomic E-state index is -0.122. The number of amides is 3. The van der Waals surface area contributed by atoms with E-state index in [1.807, 2.05) is 30.3 Å². The number of carbonyl (C=O) groups excluding carboxylic acids is 2. The lowest BCUT2D eigenvalue weighted by Gasteiger charge is -2.24. The maximum atomic E-state index is 12.3. The van der Waals surface area contributed by atoms with Crippen LogP contribution in [0.15, 0.2) is 30.3 Å². The quantitative estimate of drug-likeness (QED) is 0.864. The third-order valence-electron chi connectivity index (χ3n) is 6.18. The second-order valence-corrected chi connectivity index (χ2v) is 7.89. The Balaban J connectivity index is 1.29. The Bertz CT molecular complexity index is 644. The van der Waals surface area contributed by atoms with Gasteiger partial charge in [0.25, 0.3) is 0 Å². The van der Waals surface area contributed by atoms with Crippen LogP contribution in [0.5, 0.6) is 0 Å². The molecule has 0 aromatic heterocycles. The van der Waals surface area contributed by atoms with Crippen LogP contribution in [0.3, 0.4) is 0 Å². The second kappa shape index (κ2) is 6.70. The summed E-state index contributed by atoms with van der Waals surface area (Å²) in [5.74, 6) is 1.71. The van der Waals surface area contributed by atoms with Crippen LogP contribution >= 0.6 is 0 Å². The lowest BCUT2D eigenvalue weighted by atomic mass is 9.88. The largest absolute Gasteiger partial charge is 0.338 e. The molecule has 3 amide bonds. The van der Waals surface area contributed by atoms with Crippen LogP contribution in [-0.4, -0.2) is 35.5 Å². The molecule has 1 heterocycles. The van der Waals surface area contributed by atoms with Crippen molar-refractivity contribution in [1.29, 1.82) is 0 Å². The molecule has 0 radical (unpaired) electrons. The zero-order chi connectivity index (χ0) is 17.4. The molecule has 2 N–H and O–H groups in total. The van der Waals surface area contributed by atoms with Crippen LogP contribution in [-0.2, 0) is 11.3 Å². The van der Waals surface area contributed by atoms with Crippen molar-refractivity contribution in [3.8, 4) is 0 Å². The lowest BCUT2D eigenvalue weighted by molar-refractivity contribution is -0.129. The van der Waals surface area contributed by atoms with Crippen molar-refractivity contribution in [3.63, 3.8) is 0 Å². The topological polar surface area (TPSA) is 61.4 Å². The van der Waals surface area contributed by atoms with Gasteiger partial charge in [0, 0.05) is 31.6 Å². The summed E-state index contributed by atoms with van der Waals surface area (Å²) in [5.41, 5.74) is 1.09. The van der Waals surface area contributed by atoms with E-state index in [0.717, 1.165) is 12.0 Å². The van der Waals surface area contributed by atoms with Crippen LogP contribution in [0.4, 0.5) is 4.79 Å². The SMILES string of the molecule is C[C@H]1C[C@@H]2[C@@H](CC(=O)N2C2CC2)[C@@H]1CNC(=O)NCc1ccccc1. The number of nitrogens with one attached hydrogen (secondary N) is 2. The van der Waals surface area contributed by atoms with Gasteiger partial charge in [-0.3, -0.25) is 4.79 Å². The van der Waals surface area contributed by atoms with Crippen molar-refractivity contribution in [2.24, 2.45) is 17.8 Å². The summed E-state index contributed by atoms with van der Waals surface area (Å²) in [6, 6.07) is 10.7. The molecule has 2 aliphatic carbocycles. The van der Waals surface area contributed by atoms with E-state index in [9.17, 15) is 9.59 Å². The fraction of sp³-hybridized carbons (Fsp3) is 0.600. The van der Waals surface area contributed by atoms with Crippen molar-refractivity contribution < 1.29 is 9.59 Å². The molecule has 1 aromatic carbocycles. The van der Waals surface area contributed by atoms with Gasteiger partial charge in [-0.05, 0) is 42.6 Å². The number of carbonyl (C=O) groups is 2. The van der Waals surface area contributed by atoms with E-state index < -0.39 is 0 Å². The van der Waals surface area contributed by atoms with Gasteiger partial charge in [-0.25, -0.2) is 4.79 Å². The third kappa shape index (κ3) is 3.37. The van der Waals surface area contributed by atoms with Gasteiger partial charge in [0.15, 0.2) is 0 Å². The van der Waals surface area contributed by atoms with Gasteiger partial charge in [-0.15, -0.1) is 0 Å². The van der Waals surface area contributed by atoms with E-state index in [-0.39, 0.29) is 6.03 Å². The van der Waals surface area contributed by atoms with Gasteiger partial charge in [0.2, 0.25) is 5.91 Å². The number of hydrogen-bond donors (Lipinski definition) is 2. The van der Waals surface area contributed by atoms with E-state index >= 15 is 0 Å². The van der Waals surface area contributed by atoms with E-state index in [2.05, 4.69) is 22.5 Å². The predicted octanol–water partition coefficient (Wildman–Crippen LogP) is 2.52. The average Bonchev–Trinajstić information content (AvgIpc) is 3.33. The highest BCUT2D eigenvalue weighted by Gasteiger charge is 2.53. The standard InChI is InChI=1S/C20H27N3O2/c1-13-9-18-16(10-19(24)23(18)15-7-8-15)17(13)12-22-20(25)21-11-14-5-3-2-4-6-14/h2-6,13,15-18H,7-12H2,1H3,(H2,21,22,25)/t13-,16-,17+,18+/m0/s1. The van der Waals surface area contributed by atoms with Gasteiger partial charge in [-0.2, -0.15) is 0 Å². The van der Waals surface area contributed by atoms with Crippen LogP contribution < -0.4 is 10.6 Å². The molecule has 5 heteroatoms. The third-order valence-corrected chi connectivity index (χ3v) is 6.18. The van der Waals surface area contributed by atoms with E-state index in [0.29, 0.717) is 55.3 Å². The molecule has 0 unspecified atom stereocenters. The Kier molecular flexibility index (Phi) is 4.40. The first-order valence-corrected chi connectivity index (χ1v) is 9.50. The second-order valence-electron chi connectivity index (χ2n) is 7.89. The molecule has 3 aliphatic rings. The van der Waals surface area contributed by atoms with Crippen molar-refractivity contribution in [2.45, 2.75) is 51.2 Å². The van der Waals surface area contributed by atoms with Crippen molar-refractivity contribution in [3.05, 3.63) is 35.9 Å². The number of benzene rings is 1. The zero-order valence-electron chi connectivity index (χ0n) is 14.8. The summed E-state index contributed by atoms with van der Waals surface area (Å²) in [4.78, 5) is 26.6. The zero-order valence-corrected chi connectivity index (χ0v) is 14.8. The van der Waals surface area contributed by atoms with Crippen molar-refractivity contribution >= 4 is 11.9 Å². The first-order valence-electron chi connectivity index (χ1n) is 9.50. The van der Waals surface area contributed by atoms with Crippen LogP contribution in [0.1, 0.15) is 38.2 Å². The van der Waals surface area contributed by atoms with Crippen molar-refractivity contribution in [2.75, 3.05) is 6.54 Å². The molecule has 0 spiro atoms. The Morgan fingerprint density at radius 3 is 2.68 bits per heavy atom. The highest BCUT2D eigenvalue weighted by Crippen LogP contribution is 2.49. The highest BCUT2D eigenvalue weighted by molar-refractivity contribution is 5.80. The number of likely N-dealkylation sites (tertiary alicyclic amines) is 1. The molecule has 4 rings (SSSR count). The molecule has 1 aliphatic heterocycles. The fourth-order valence-corrected chi connectivity index (χ4v) is 4.77. The monoisotopic (exact) mass is 341 g/mol. The van der Waals surface area contributed by atoms with E-state index in [1.54, 1.807) is 0 Å². The summed E-state index contributed by atoms with van der Waals surface area (Å²) < 4.78 is 0. The lowest BCUT2D eigenvalue weighted by Crippen LogP contribution is -2.40. The summed E-state index contributed by atoms with van der Waals surface area (Å²) >= 11 is 0. The van der Waals surface area contributed by atoms with Gasteiger partial charge < -0.3 is 15.5 Å². The highest BCUT2D eigenvalue weighted by atomic mass is 16.2. The molecular formula is C20H27N3O2. The smallest absolute Gasteiger partial charge is 0.315 e. The molecular weight excluding hydrogens is 314 g/mol. The summed E-state index contributed by atoms with van der Waals surface area (Å²) in [6.45, 7) is 3.46. The van der Waals surface area contributed by atoms with Crippen LogP contribution in [0.25, 0.3) is 0 Å². The first-order chi connectivity index (χ1) is 12.1. The minimum absolute atomic E-state index is 0.122. The molecule has 4 atom stereocenters. The number of rotatable bonds is 5. The predicted molar refractivity (Wildman–Crippen MR) is 95.7 cm³/mol. The Labute approximate surface area is 149 Å². The van der Waals surface area contributed by atoms with Gasteiger partial charge in [0.05, 0.1) is 0 Å². The number of urea groups is 1. The fourth-order valence-electron chi connectivity index (χ4n) is 4.77. The van der Waals surface area contributed by atoms with Crippen LogP contribution in [0, 0.1) is 17.8 Å². The molecule has 134 valence electrons. The van der Waals surface area contributed by atoms with Crippen LogP contribution in [0.2, 0.25) is 0 Å². The molecule has 2 saturated carbocycles. The van der Waals surface area contributed by atoms with E-state index in [4.69, 9.17) is 0 Å². The Morgan fingerprint density at radius 2 is 1.96 bits per heavy atom. The van der Waals surface area contributed by atoms with Crippen molar-refractivity contribution in [1.82, 2.24) is 15.5 Å². The van der Waals surface area contributed by atoms with Gasteiger partial charge >= 0.3 is 6.03 Å². The summed E-state index contributed by atoms with van der Waals surface area (Å²) in [6.07, 6.45) is 4.11. The maximum Gasteiger partial charge on any atom is 0.315 e. The number of fused-ring (bicyclic) bond motifs is 1.